The lowest BCUT2D eigenvalue weighted by molar-refractivity contribution is -0.141. The average Bonchev–Trinajstić information content (AvgIpc) is 3.16. The molecule has 1 aliphatic carbocycles. The molecule has 0 radical (unpaired) electrons. The van der Waals surface area contributed by atoms with E-state index in [0.717, 1.165) is 0 Å². The van der Waals surface area contributed by atoms with Gasteiger partial charge in [0.15, 0.2) is 5.82 Å². The summed E-state index contributed by atoms with van der Waals surface area (Å²) < 4.78 is 38.5. The fraction of sp³-hybridized carbons (Fsp3) is 0.400. The number of rotatable bonds is 6. The molecule has 1 aromatic heterocycles. The van der Waals surface area contributed by atoms with Crippen molar-refractivity contribution in [3.05, 3.63) is 41.0 Å². The fourth-order valence-corrected chi connectivity index (χ4v) is 3.81. The molecule has 170 valence electrons. The largest absolute Gasteiger partial charge is 0.405 e. The monoisotopic (exact) mass is 468 g/mol. The first-order valence-corrected chi connectivity index (χ1v) is 10.1. The highest BCUT2D eigenvalue weighted by Gasteiger charge is 2.37. The molecule has 4 N–H and O–H groups in total. The van der Waals surface area contributed by atoms with Crippen molar-refractivity contribution in [3.63, 3.8) is 0 Å². The Balaban J connectivity index is 1.76. The number of nitrogens with one attached hydrogen (secondary N) is 2. The van der Waals surface area contributed by atoms with Gasteiger partial charge in [-0.3, -0.25) is 14.3 Å². The van der Waals surface area contributed by atoms with Crippen molar-refractivity contribution in [2.75, 3.05) is 11.9 Å². The topological polar surface area (TPSA) is 126 Å². The number of benzene rings is 1. The van der Waals surface area contributed by atoms with Crippen molar-refractivity contribution >= 4 is 34.9 Å². The predicted molar refractivity (Wildman–Crippen MR) is 110 cm³/mol. The summed E-state index contributed by atoms with van der Waals surface area (Å²) in [5.41, 5.74) is 6.20. The van der Waals surface area contributed by atoms with E-state index in [9.17, 15) is 28.0 Å². The predicted octanol–water partition coefficient (Wildman–Crippen LogP) is 3.54. The maximum absolute atomic E-state index is 12.4. The van der Waals surface area contributed by atoms with Crippen molar-refractivity contribution in [2.24, 2.45) is 17.6 Å². The van der Waals surface area contributed by atoms with Gasteiger partial charge >= 0.3 is 6.18 Å². The summed E-state index contributed by atoms with van der Waals surface area (Å²) in [5.74, 6) is -2.65. The number of aromatic nitrogens is 2. The molecule has 1 heterocycles. The first-order valence-electron chi connectivity index (χ1n) is 9.73. The van der Waals surface area contributed by atoms with Crippen LogP contribution in [0.5, 0.6) is 0 Å². The molecule has 2 amide bonds. The Kier molecular flexibility index (Phi) is 6.93. The molecular formula is C20H20ClF3N6O2. The van der Waals surface area contributed by atoms with Crippen molar-refractivity contribution in [1.29, 1.82) is 5.26 Å². The van der Waals surface area contributed by atoms with E-state index >= 15 is 0 Å². The number of hydrogen-bond donors (Lipinski definition) is 3. The summed E-state index contributed by atoms with van der Waals surface area (Å²) >= 11 is 5.87. The lowest BCUT2D eigenvalue weighted by Crippen LogP contribution is -2.40. The maximum atomic E-state index is 12.4. The normalized spacial score (nSPS) is 20.9. The van der Waals surface area contributed by atoms with Crippen LogP contribution in [-0.4, -0.2) is 34.3 Å². The van der Waals surface area contributed by atoms with Crippen LogP contribution in [0, 0.1) is 23.2 Å². The van der Waals surface area contributed by atoms with Gasteiger partial charge in [-0.25, -0.2) is 0 Å². The van der Waals surface area contributed by atoms with Gasteiger partial charge in [0.2, 0.25) is 5.91 Å². The van der Waals surface area contributed by atoms with Crippen LogP contribution in [0.3, 0.4) is 0 Å². The second-order valence-corrected chi connectivity index (χ2v) is 7.95. The van der Waals surface area contributed by atoms with E-state index in [1.807, 2.05) is 5.32 Å². The van der Waals surface area contributed by atoms with Crippen LogP contribution in [-0.2, 0) is 4.79 Å². The van der Waals surface area contributed by atoms with E-state index in [1.54, 1.807) is 24.3 Å². The van der Waals surface area contributed by atoms with E-state index in [2.05, 4.69) is 16.5 Å². The smallest absolute Gasteiger partial charge is 0.365 e. The molecule has 0 spiro atoms. The van der Waals surface area contributed by atoms with E-state index in [0.29, 0.717) is 17.1 Å². The summed E-state index contributed by atoms with van der Waals surface area (Å²) in [6.45, 7) is -1.41. The van der Waals surface area contributed by atoms with Gasteiger partial charge in [0.1, 0.15) is 12.1 Å². The van der Waals surface area contributed by atoms with Crippen LogP contribution in [0.25, 0.3) is 0 Å². The summed E-state index contributed by atoms with van der Waals surface area (Å²) in [6, 6.07) is 8.33. The molecule has 12 heteroatoms. The SMILES string of the molecule is N#C[C@@H]1C[C@H](C(=O)NCC(F)(F)F)CC[C@H]1n1cc(C(N)=O)c(Nc2ccc(Cl)cc2)n1. The molecule has 2 aromatic rings. The summed E-state index contributed by atoms with van der Waals surface area (Å²) in [5, 5.41) is 19.4. The maximum Gasteiger partial charge on any atom is 0.405 e. The quantitative estimate of drug-likeness (QED) is 0.597. The lowest BCUT2D eigenvalue weighted by Gasteiger charge is -2.32. The molecule has 32 heavy (non-hydrogen) atoms. The Labute approximate surface area is 186 Å². The third kappa shape index (κ3) is 5.70. The second-order valence-electron chi connectivity index (χ2n) is 7.51. The van der Waals surface area contributed by atoms with E-state index < -0.39 is 42.4 Å². The van der Waals surface area contributed by atoms with Gasteiger partial charge in [0.05, 0.1) is 18.0 Å². The lowest BCUT2D eigenvalue weighted by atomic mass is 9.78. The van der Waals surface area contributed by atoms with Crippen LogP contribution in [0.4, 0.5) is 24.7 Å². The number of alkyl halides is 3. The zero-order chi connectivity index (χ0) is 23.5. The molecule has 3 atom stereocenters. The third-order valence-corrected chi connectivity index (χ3v) is 5.51. The van der Waals surface area contributed by atoms with Crippen LogP contribution in [0.1, 0.15) is 35.7 Å². The van der Waals surface area contributed by atoms with Gasteiger partial charge in [-0.05, 0) is 43.5 Å². The average molecular weight is 469 g/mol. The molecule has 1 aromatic carbocycles. The first kappa shape index (κ1) is 23.4. The Morgan fingerprint density at radius 2 is 1.97 bits per heavy atom. The van der Waals surface area contributed by atoms with Gasteiger partial charge < -0.3 is 16.4 Å². The van der Waals surface area contributed by atoms with Crippen molar-refractivity contribution in [3.8, 4) is 6.07 Å². The standard InChI is InChI=1S/C20H20ClF3N6O2/c21-13-2-4-14(5-3-13)28-18-15(17(26)31)9-30(29-18)16-6-1-11(7-12(16)8-25)19(32)27-10-20(22,23)24/h2-5,9,11-12,16H,1,6-7,10H2,(H2,26,31)(H,27,32)(H,28,29)/t11-,12+,16-/m1/s1. The number of amides is 2. The number of primary amides is 1. The van der Waals surface area contributed by atoms with Crippen LogP contribution in [0.2, 0.25) is 5.02 Å². The zero-order valence-electron chi connectivity index (χ0n) is 16.7. The number of anilines is 2. The molecule has 1 saturated carbocycles. The van der Waals surface area contributed by atoms with E-state index in [1.165, 1.54) is 10.9 Å². The van der Waals surface area contributed by atoms with Crippen molar-refractivity contribution < 1.29 is 22.8 Å². The molecule has 3 rings (SSSR count). The number of carbonyl (C=O) groups is 2. The Morgan fingerprint density at radius 1 is 1.28 bits per heavy atom. The molecule has 1 fully saturated rings. The van der Waals surface area contributed by atoms with Gasteiger partial charge in [-0.1, -0.05) is 11.6 Å². The summed E-state index contributed by atoms with van der Waals surface area (Å²) in [4.78, 5) is 24.0. The van der Waals surface area contributed by atoms with Crippen molar-refractivity contribution in [2.45, 2.75) is 31.5 Å². The van der Waals surface area contributed by atoms with Gasteiger partial charge in [-0.15, -0.1) is 0 Å². The minimum Gasteiger partial charge on any atom is -0.365 e. The van der Waals surface area contributed by atoms with Crippen LogP contribution >= 0.6 is 11.6 Å². The minimum atomic E-state index is -4.50. The van der Waals surface area contributed by atoms with Gasteiger partial charge in [0.25, 0.3) is 5.91 Å². The van der Waals surface area contributed by atoms with E-state index in [-0.39, 0.29) is 24.2 Å². The molecule has 0 saturated heterocycles. The highest BCUT2D eigenvalue weighted by Crippen LogP contribution is 2.38. The Hall–Kier alpha value is -3.26. The molecule has 8 nitrogen and oxygen atoms in total. The number of carbonyl (C=O) groups excluding carboxylic acids is 2. The first-order chi connectivity index (χ1) is 15.1. The van der Waals surface area contributed by atoms with E-state index in [4.69, 9.17) is 17.3 Å². The molecule has 0 bridgehead atoms. The minimum absolute atomic E-state index is 0.0799. The molecule has 0 aliphatic heterocycles. The second kappa shape index (κ2) is 9.48. The van der Waals surface area contributed by atoms with Crippen LogP contribution in [0.15, 0.2) is 30.5 Å². The van der Waals surface area contributed by atoms with Gasteiger partial charge in [0, 0.05) is 22.8 Å². The summed E-state index contributed by atoms with van der Waals surface area (Å²) in [6.07, 6.45) is -2.40. The highest BCUT2D eigenvalue weighted by molar-refractivity contribution is 6.30. The Morgan fingerprint density at radius 3 is 2.56 bits per heavy atom. The number of nitrogens with zero attached hydrogens (tertiary/aromatic N) is 3. The molecule has 1 aliphatic rings. The molecule has 0 unspecified atom stereocenters. The number of halogens is 4. The van der Waals surface area contributed by atoms with Crippen molar-refractivity contribution in [1.82, 2.24) is 15.1 Å². The number of nitrogens with two attached hydrogens (primary N) is 1. The highest BCUT2D eigenvalue weighted by atomic mass is 35.5. The molecular weight excluding hydrogens is 449 g/mol. The number of nitriles is 1. The number of hydrogen-bond acceptors (Lipinski definition) is 5. The Bertz CT molecular complexity index is 1030. The van der Waals surface area contributed by atoms with Crippen LogP contribution < -0.4 is 16.4 Å². The third-order valence-electron chi connectivity index (χ3n) is 5.26. The summed E-state index contributed by atoms with van der Waals surface area (Å²) in [7, 11) is 0. The zero-order valence-corrected chi connectivity index (χ0v) is 17.5. The fourth-order valence-electron chi connectivity index (χ4n) is 3.68. The van der Waals surface area contributed by atoms with Gasteiger partial charge in [-0.2, -0.15) is 23.5 Å².